The standard InChI is InChI=1S/C19H16ClN3OS/c1-12-22-19-16(18(25-12)13-6-8-15(24)9-7-13)10-21-23(19)11-14-4-2-3-5-17(14)20/h2-10,18,24H,11H2,1H3. The fourth-order valence-electron chi connectivity index (χ4n) is 2.91. The molecule has 0 spiro atoms. The number of halogens is 1. The number of aliphatic imine (C=N–C) groups is 1. The Hall–Kier alpha value is -2.24. The molecule has 2 heterocycles. The maximum atomic E-state index is 9.54. The zero-order valence-electron chi connectivity index (χ0n) is 13.6. The number of phenolic OH excluding ortho intramolecular Hbond substituents is 1. The maximum Gasteiger partial charge on any atom is 0.156 e. The van der Waals surface area contributed by atoms with Gasteiger partial charge >= 0.3 is 0 Å². The van der Waals surface area contributed by atoms with Crippen molar-refractivity contribution in [1.29, 1.82) is 0 Å². The Morgan fingerprint density at radius 3 is 2.68 bits per heavy atom. The molecule has 0 bridgehead atoms. The van der Waals surface area contributed by atoms with Crippen LogP contribution in [0.3, 0.4) is 0 Å². The van der Waals surface area contributed by atoms with Gasteiger partial charge in [0.1, 0.15) is 5.75 Å². The minimum Gasteiger partial charge on any atom is -0.508 e. The molecule has 1 unspecified atom stereocenters. The molecular weight excluding hydrogens is 354 g/mol. The number of phenols is 1. The molecule has 1 aromatic heterocycles. The smallest absolute Gasteiger partial charge is 0.156 e. The molecule has 1 aliphatic rings. The van der Waals surface area contributed by atoms with Crippen molar-refractivity contribution in [3.8, 4) is 5.75 Å². The van der Waals surface area contributed by atoms with Crippen LogP contribution in [0.15, 0.2) is 59.7 Å². The first-order chi connectivity index (χ1) is 12.1. The highest BCUT2D eigenvalue weighted by atomic mass is 35.5. The number of hydrogen-bond donors (Lipinski definition) is 1. The quantitative estimate of drug-likeness (QED) is 0.692. The number of aromatic nitrogens is 2. The van der Waals surface area contributed by atoms with Gasteiger partial charge in [0.25, 0.3) is 0 Å². The molecule has 6 heteroatoms. The molecule has 1 aliphatic heterocycles. The second-order valence-electron chi connectivity index (χ2n) is 5.89. The van der Waals surface area contributed by atoms with E-state index in [1.54, 1.807) is 23.9 Å². The Balaban J connectivity index is 1.73. The molecule has 1 atom stereocenters. The summed E-state index contributed by atoms with van der Waals surface area (Å²) < 4.78 is 1.90. The van der Waals surface area contributed by atoms with Crippen LogP contribution >= 0.6 is 23.4 Å². The number of fused-ring (bicyclic) bond motifs is 1. The summed E-state index contributed by atoms with van der Waals surface area (Å²) in [5, 5.41) is 15.9. The predicted molar refractivity (Wildman–Crippen MR) is 103 cm³/mol. The fourth-order valence-corrected chi connectivity index (χ4v) is 4.17. The van der Waals surface area contributed by atoms with E-state index in [-0.39, 0.29) is 11.0 Å². The Morgan fingerprint density at radius 1 is 1.16 bits per heavy atom. The lowest BCUT2D eigenvalue weighted by atomic mass is 10.1. The highest BCUT2D eigenvalue weighted by Crippen LogP contribution is 2.45. The average Bonchev–Trinajstić information content (AvgIpc) is 3.00. The summed E-state index contributed by atoms with van der Waals surface area (Å²) in [6.45, 7) is 2.59. The molecule has 0 fully saturated rings. The van der Waals surface area contributed by atoms with Crippen LogP contribution < -0.4 is 0 Å². The summed E-state index contributed by atoms with van der Waals surface area (Å²) in [4.78, 5) is 4.71. The Kier molecular flexibility index (Phi) is 4.27. The van der Waals surface area contributed by atoms with Gasteiger partial charge in [0.15, 0.2) is 5.82 Å². The van der Waals surface area contributed by atoms with E-state index in [0.29, 0.717) is 6.54 Å². The van der Waals surface area contributed by atoms with Gasteiger partial charge in [-0.05, 0) is 36.2 Å². The van der Waals surface area contributed by atoms with Gasteiger partial charge in [-0.3, -0.25) is 0 Å². The van der Waals surface area contributed by atoms with E-state index in [1.165, 1.54) is 0 Å². The Morgan fingerprint density at radius 2 is 1.92 bits per heavy atom. The molecular formula is C19H16ClN3OS. The summed E-state index contributed by atoms with van der Waals surface area (Å²) in [5.74, 6) is 1.14. The van der Waals surface area contributed by atoms with Crippen LogP contribution in [0.5, 0.6) is 5.75 Å². The topological polar surface area (TPSA) is 50.4 Å². The third kappa shape index (κ3) is 3.17. The van der Waals surface area contributed by atoms with Crippen LogP contribution in [0.25, 0.3) is 0 Å². The van der Waals surface area contributed by atoms with E-state index in [1.807, 2.05) is 54.2 Å². The first-order valence-corrected chi connectivity index (χ1v) is 9.17. The predicted octanol–water partition coefficient (Wildman–Crippen LogP) is 5.18. The second-order valence-corrected chi connectivity index (χ2v) is 7.60. The van der Waals surface area contributed by atoms with Crippen molar-refractivity contribution in [1.82, 2.24) is 9.78 Å². The van der Waals surface area contributed by atoms with Gasteiger partial charge in [0.2, 0.25) is 0 Å². The number of nitrogens with zero attached hydrogens (tertiary/aromatic N) is 3. The molecule has 0 amide bonds. The zero-order chi connectivity index (χ0) is 17.4. The van der Waals surface area contributed by atoms with Crippen molar-refractivity contribution in [2.75, 3.05) is 0 Å². The van der Waals surface area contributed by atoms with Crippen LogP contribution in [0.2, 0.25) is 5.02 Å². The fraction of sp³-hybridized carbons (Fsp3) is 0.158. The summed E-state index contributed by atoms with van der Waals surface area (Å²) in [7, 11) is 0. The van der Waals surface area contributed by atoms with Crippen LogP contribution in [-0.2, 0) is 6.54 Å². The molecule has 4 nitrogen and oxygen atoms in total. The first kappa shape index (κ1) is 16.2. The molecule has 1 N–H and O–H groups in total. The minimum atomic E-state index is 0.119. The van der Waals surface area contributed by atoms with Crippen molar-refractivity contribution < 1.29 is 5.11 Å². The van der Waals surface area contributed by atoms with Crippen LogP contribution in [0, 0.1) is 0 Å². The molecule has 0 aliphatic carbocycles. The van der Waals surface area contributed by atoms with Gasteiger partial charge in [0.05, 0.1) is 23.0 Å². The number of benzene rings is 2. The third-order valence-corrected chi connectivity index (χ3v) is 5.71. The van der Waals surface area contributed by atoms with Crippen LogP contribution in [0.1, 0.15) is 28.9 Å². The van der Waals surface area contributed by atoms with Gasteiger partial charge < -0.3 is 5.11 Å². The summed E-state index contributed by atoms with van der Waals surface area (Å²) >= 11 is 7.99. The molecule has 0 radical (unpaired) electrons. The minimum absolute atomic E-state index is 0.119. The van der Waals surface area contributed by atoms with Crippen molar-refractivity contribution in [2.24, 2.45) is 4.99 Å². The van der Waals surface area contributed by atoms with E-state index in [4.69, 9.17) is 16.6 Å². The van der Waals surface area contributed by atoms with E-state index in [2.05, 4.69) is 5.10 Å². The lowest BCUT2D eigenvalue weighted by Gasteiger charge is -2.21. The largest absolute Gasteiger partial charge is 0.508 e. The third-order valence-electron chi connectivity index (χ3n) is 4.15. The van der Waals surface area contributed by atoms with Gasteiger partial charge in [-0.1, -0.05) is 53.7 Å². The summed E-state index contributed by atoms with van der Waals surface area (Å²) in [6.07, 6.45) is 1.88. The summed E-state index contributed by atoms with van der Waals surface area (Å²) in [6, 6.07) is 15.1. The monoisotopic (exact) mass is 369 g/mol. The van der Waals surface area contributed by atoms with Gasteiger partial charge in [0, 0.05) is 10.6 Å². The molecule has 3 aromatic rings. The molecule has 0 saturated heterocycles. The van der Waals surface area contributed by atoms with E-state index in [0.717, 1.165) is 32.6 Å². The molecule has 25 heavy (non-hydrogen) atoms. The van der Waals surface area contributed by atoms with Gasteiger partial charge in [-0.15, -0.1) is 0 Å². The van der Waals surface area contributed by atoms with Crippen molar-refractivity contribution in [3.05, 3.63) is 76.4 Å². The van der Waals surface area contributed by atoms with Gasteiger partial charge in [-0.2, -0.15) is 5.10 Å². The summed E-state index contributed by atoms with van der Waals surface area (Å²) in [5.41, 5.74) is 3.21. The zero-order valence-corrected chi connectivity index (χ0v) is 15.1. The lowest BCUT2D eigenvalue weighted by molar-refractivity contribution is 0.475. The van der Waals surface area contributed by atoms with Gasteiger partial charge in [-0.25, -0.2) is 9.67 Å². The Labute approximate surface area is 155 Å². The highest BCUT2D eigenvalue weighted by Gasteiger charge is 2.27. The van der Waals surface area contributed by atoms with Crippen molar-refractivity contribution >= 4 is 34.2 Å². The normalized spacial score (nSPS) is 16.4. The van der Waals surface area contributed by atoms with E-state index >= 15 is 0 Å². The molecule has 126 valence electrons. The maximum absolute atomic E-state index is 9.54. The highest BCUT2D eigenvalue weighted by molar-refractivity contribution is 8.14. The number of rotatable bonds is 3. The van der Waals surface area contributed by atoms with E-state index in [9.17, 15) is 5.11 Å². The number of aromatic hydroxyl groups is 1. The molecule has 2 aromatic carbocycles. The molecule has 4 rings (SSSR count). The van der Waals surface area contributed by atoms with Crippen LogP contribution in [-0.4, -0.2) is 19.9 Å². The average molecular weight is 370 g/mol. The van der Waals surface area contributed by atoms with Crippen molar-refractivity contribution in [3.63, 3.8) is 0 Å². The second kappa shape index (κ2) is 6.58. The lowest BCUT2D eigenvalue weighted by Crippen LogP contribution is -2.07. The molecule has 0 saturated carbocycles. The van der Waals surface area contributed by atoms with E-state index < -0.39 is 0 Å². The number of thioether (sulfide) groups is 1. The Bertz CT molecular complexity index is 950. The SMILES string of the molecule is CC1=Nc2c(cnn2Cc2ccccc2Cl)C(c2ccc(O)cc2)S1. The van der Waals surface area contributed by atoms with Crippen molar-refractivity contribution in [2.45, 2.75) is 18.7 Å². The van der Waals surface area contributed by atoms with Crippen LogP contribution in [0.4, 0.5) is 5.82 Å². The number of hydrogen-bond acceptors (Lipinski definition) is 4. The first-order valence-electron chi connectivity index (χ1n) is 7.92.